The van der Waals surface area contributed by atoms with E-state index in [1.54, 1.807) is 26.2 Å². The highest BCUT2D eigenvalue weighted by atomic mass is 19.1. The molecular formula is C21H19FN2O3. The van der Waals surface area contributed by atoms with Gasteiger partial charge in [0.1, 0.15) is 0 Å². The molecule has 0 bridgehead atoms. The third-order valence-electron chi connectivity index (χ3n) is 4.38. The van der Waals surface area contributed by atoms with Gasteiger partial charge in [-0.05, 0) is 42.1 Å². The van der Waals surface area contributed by atoms with E-state index in [0.717, 1.165) is 16.3 Å². The zero-order chi connectivity index (χ0) is 19.7. The van der Waals surface area contributed by atoms with Crippen molar-refractivity contribution in [3.63, 3.8) is 0 Å². The fourth-order valence-electron chi connectivity index (χ4n) is 3.06. The van der Waals surface area contributed by atoms with Gasteiger partial charge in [-0.3, -0.25) is 4.79 Å². The van der Waals surface area contributed by atoms with Crippen molar-refractivity contribution >= 4 is 34.0 Å². The Morgan fingerprint density at radius 3 is 2.33 bits per heavy atom. The smallest absolute Gasteiger partial charge is 0.338 e. The molecule has 3 aromatic rings. The Bertz CT molecular complexity index is 1060. The van der Waals surface area contributed by atoms with Crippen molar-refractivity contribution in [2.45, 2.75) is 6.92 Å². The third kappa shape index (κ3) is 3.33. The molecule has 0 saturated heterocycles. The second kappa shape index (κ2) is 7.07. The van der Waals surface area contributed by atoms with Crippen LogP contribution in [-0.2, 0) is 0 Å². The summed E-state index contributed by atoms with van der Waals surface area (Å²) in [7, 11) is 3.37. The van der Waals surface area contributed by atoms with Crippen LogP contribution in [0.5, 0.6) is 0 Å². The molecule has 0 fully saturated rings. The molecule has 0 aliphatic heterocycles. The minimum absolute atomic E-state index is 0.0596. The number of anilines is 2. The molecule has 3 aromatic carbocycles. The molecule has 0 atom stereocenters. The highest BCUT2D eigenvalue weighted by Gasteiger charge is 2.18. The Labute approximate surface area is 156 Å². The predicted octanol–water partition coefficient (Wildman–Crippen LogP) is 4.43. The third-order valence-corrected chi connectivity index (χ3v) is 4.38. The Morgan fingerprint density at radius 1 is 0.963 bits per heavy atom. The summed E-state index contributed by atoms with van der Waals surface area (Å²) >= 11 is 0. The first-order valence-electron chi connectivity index (χ1n) is 8.34. The van der Waals surface area contributed by atoms with Crippen LogP contribution in [0, 0.1) is 12.7 Å². The van der Waals surface area contributed by atoms with Crippen LogP contribution >= 0.6 is 0 Å². The molecule has 2 N–H and O–H groups in total. The molecule has 0 aromatic heterocycles. The number of carboxylic acid groups (broad SMARTS) is 1. The van der Waals surface area contributed by atoms with Crippen LogP contribution in [0.25, 0.3) is 10.8 Å². The van der Waals surface area contributed by atoms with Crippen molar-refractivity contribution in [3.8, 4) is 0 Å². The van der Waals surface area contributed by atoms with Crippen LogP contribution in [0.3, 0.4) is 0 Å². The first-order valence-corrected chi connectivity index (χ1v) is 8.34. The minimum Gasteiger partial charge on any atom is -0.478 e. The van der Waals surface area contributed by atoms with Crippen LogP contribution < -0.4 is 5.32 Å². The van der Waals surface area contributed by atoms with Gasteiger partial charge in [-0.15, -0.1) is 0 Å². The van der Waals surface area contributed by atoms with Crippen LogP contribution in [0.15, 0.2) is 48.5 Å². The van der Waals surface area contributed by atoms with Gasteiger partial charge in [0.05, 0.1) is 11.3 Å². The van der Waals surface area contributed by atoms with E-state index in [0.29, 0.717) is 11.3 Å². The monoisotopic (exact) mass is 366 g/mol. The van der Waals surface area contributed by atoms with E-state index in [4.69, 9.17) is 5.11 Å². The Balaban J connectivity index is 2.17. The van der Waals surface area contributed by atoms with Gasteiger partial charge in [0, 0.05) is 30.7 Å². The standard InChI is InChI=1S/C21H19FN2O3/c1-12-6-4-7-13-16(11-10-14(18(12)13)20(25)24(2)3)23-17-9-5-8-15(19(17)22)21(26)27/h4-11,23H,1-3H3,(H,26,27). The van der Waals surface area contributed by atoms with Gasteiger partial charge in [0.15, 0.2) is 5.82 Å². The van der Waals surface area contributed by atoms with Crippen molar-refractivity contribution in [2.75, 3.05) is 19.4 Å². The van der Waals surface area contributed by atoms with Gasteiger partial charge >= 0.3 is 5.97 Å². The lowest BCUT2D eigenvalue weighted by Crippen LogP contribution is -2.22. The number of hydrogen-bond donors (Lipinski definition) is 2. The van der Waals surface area contributed by atoms with Crippen LogP contribution in [0.1, 0.15) is 26.3 Å². The van der Waals surface area contributed by atoms with Gasteiger partial charge in [0.25, 0.3) is 5.91 Å². The van der Waals surface area contributed by atoms with Gasteiger partial charge in [-0.1, -0.05) is 24.3 Å². The van der Waals surface area contributed by atoms with Gasteiger partial charge in [-0.2, -0.15) is 0 Å². The highest BCUT2D eigenvalue weighted by molar-refractivity contribution is 6.11. The second-order valence-corrected chi connectivity index (χ2v) is 6.46. The van der Waals surface area contributed by atoms with Crippen molar-refractivity contribution in [3.05, 3.63) is 71.0 Å². The number of aromatic carboxylic acids is 1. The Hall–Kier alpha value is -3.41. The van der Waals surface area contributed by atoms with Crippen molar-refractivity contribution < 1.29 is 19.1 Å². The van der Waals surface area contributed by atoms with E-state index in [1.807, 2.05) is 25.1 Å². The summed E-state index contributed by atoms with van der Waals surface area (Å²) in [6.07, 6.45) is 0. The number of carboxylic acids is 1. The first-order chi connectivity index (χ1) is 12.8. The summed E-state index contributed by atoms with van der Waals surface area (Å²) in [4.78, 5) is 25.2. The van der Waals surface area contributed by atoms with Crippen LogP contribution in [0.2, 0.25) is 0 Å². The van der Waals surface area contributed by atoms with E-state index < -0.39 is 17.3 Å². The van der Waals surface area contributed by atoms with Gasteiger partial charge in [-0.25, -0.2) is 9.18 Å². The summed E-state index contributed by atoms with van der Waals surface area (Å²) in [5, 5.41) is 13.6. The lowest BCUT2D eigenvalue weighted by molar-refractivity contribution is 0.0691. The lowest BCUT2D eigenvalue weighted by Gasteiger charge is -2.17. The fraction of sp³-hybridized carbons (Fsp3) is 0.143. The average Bonchev–Trinajstić information content (AvgIpc) is 2.63. The second-order valence-electron chi connectivity index (χ2n) is 6.46. The molecule has 0 unspecified atom stereocenters. The number of halogens is 1. The zero-order valence-electron chi connectivity index (χ0n) is 15.2. The topological polar surface area (TPSA) is 69.6 Å². The number of aryl methyl sites for hydroxylation is 1. The summed E-state index contributed by atoms with van der Waals surface area (Å²) < 4.78 is 14.5. The van der Waals surface area contributed by atoms with Crippen molar-refractivity contribution in [2.24, 2.45) is 0 Å². The largest absolute Gasteiger partial charge is 0.478 e. The van der Waals surface area contributed by atoms with E-state index >= 15 is 0 Å². The van der Waals surface area contributed by atoms with Crippen molar-refractivity contribution in [1.29, 1.82) is 0 Å². The first kappa shape index (κ1) is 18.4. The number of carbonyl (C=O) groups is 2. The number of hydrogen-bond acceptors (Lipinski definition) is 3. The van der Waals surface area contributed by atoms with E-state index in [-0.39, 0.29) is 11.6 Å². The molecule has 0 aliphatic rings. The molecule has 0 heterocycles. The van der Waals surface area contributed by atoms with Crippen LogP contribution in [0.4, 0.5) is 15.8 Å². The predicted molar refractivity (Wildman–Crippen MR) is 103 cm³/mol. The summed E-state index contributed by atoms with van der Waals surface area (Å²) in [5.41, 5.74) is 1.72. The van der Waals surface area contributed by atoms with Crippen LogP contribution in [-0.4, -0.2) is 36.0 Å². The number of nitrogens with one attached hydrogen (secondary N) is 1. The molecule has 0 saturated carbocycles. The van der Waals surface area contributed by atoms with E-state index in [9.17, 15) is 14.0 Å². The maximum atomic E-state index is 14.5. The SMILES string of the molecule is Cc1cccc2c(Nc3cccc(C(=O)O)c3F)ccc(C(=O)N(C)C)c12. The number of amides is 1. The maximum absolute atomic E-state index is 14.5. The molecule has 3 rings (SSSR count). The minimum atomic E-state index is -1.33. The Morgan fingerprint density at radius 2 is 1.67 bits per heavy atom. The van der Waals surface area contributed by atoms with Gasteiger partial charge < -0.3 is 15.3 Å². The molecular weight excluding hydrogens is 347 g/mol. The maximum Gasteiger partial charge on any atom is 0.338 e. The summed E-state index contributed by atoms with van der Waals surface area (Å²) in [6, 6.07) is 13.2. The summed E-state index contributed by atoms with van der Waals surface area (Å²) in [6.45, 7) is 1.91. The number of nitrogens with zero attached hydrogens (tertiary/aromatic N) is 1. The zero-order valence-corrected chi connectivity index (χ0v) is 15.2. The molecule has 6 heteroatoms. The Kier molecular flexibility index (Phi) is 4.81. The number of fused-ring (bicyclic) bond motifs is 1. The molecule has 1 amide bonds. The number of rotatable bonds is 4. The molecule has 0 aliphatic carbocycles. The fourth-order valence-corrected chi connectivity index (χ4v) is 3.06. The normalized spacial score (nSPS) is 10.7. The number of carbonyl (C=O) groups excluding carboxylic acids is 1. The molecule has 27 heavy (non-hydrogen) atoms. The molecule has 138 valence electrons. The van der Waals surface area contributed by atoms with Crippen molar-refractivity contribution in [1.82, 2.24) is 4.90 Å². The molecule has 0 radical (unpaired) electrons. The number of benzene rings is 3. The van der Waals surface area contributed by atoms with E-state index in [2.05, 4.69) is 5.32 Å². The van der Waals surface area contributed by atoms with E-state index in [1.165, 1.54) is 23.1 Å². The molecule has 0 spiro atoms. The quantitative estimate of drug-likeness (QED) is 0.717. The average molecular weight is 366 g/mol. The molecule has 5 nitrogen and oxygen atoms in total. The van der Waals surface area contributed by atoms with Gasteiger partial charge in [0.2, 0.25) is 0 Å². The summed E-state index contributed by atoms with van der Waals surface area (Å²) in [5.74, 6) is -2.29. The highest BCUT2D eigenvalue weighted by Crippen LogP contribution is 2.33. The lowest BCUT2D eigenvalue weighted by atomic mass is 9.97.